The molecule has 1 aliphatic rings. The van der Waals surface area contributed by atoms with Gasteiger partial charge < -0.3 is 10.1 Å². The number of carbonyl (C=O) groups excluding carboxylic acids is 2. The predicted molar refractivity (Wildman–Crippen MR) is 106 cm³/mol. The summed E-state index contributed by atoms with van der Waals surface area (Å²) in [7, 11) is 0. The van der Waals surface area contributed by atoms with Crippen LogP contribution in [0.15, 0.2) is 60.7 Å². The number of thioether (sulfide) groups is 1. The summed E-state index contributed by atoms with van der Waals surface area (Å²) in [5.74, 6) is 1.19. The summed E-state index contributed by atoms with van der Waals surface area (Å²) in [5, 5.41) is 3.91. The summed E-state index contributed by atoms with van der Waals surface area (Å²) in [6.45, 7) is 0.351. The van der Waals surface area contributed by atoms with Gasteiger partial charge in [0.15, 0.2) is 0 Å². The number of carbonyl (C=O) groups is 2. The molecule has 2 heterocycles. The lowest BCUT2D eigenvalue weighted by Gasteiger charge is -2.11. The van der Waals surface area contributed by atoms with Gasteiger partial charge in [-0.3, -0.25) is 9.59 Å². The molecule has 1 N–H and O–H groups in total. The van der Waals surface area contributed by atoms with E-state index >= 15 is 0 Å². The second-order valence-corrected chi connectivity index (χ2v) is 7.39. The largest absolute Gasteiger partial charge is 0.487 e. The number of para-hydroxylation sites is 1. The first-order valence-corrected chi connectivity index (χ1v) is 9.73. The maximum Gasteiger partial charge on any atom is 0.251 e. The fraction of sp³-hybridized carbons (Fsp3) is 0.190. The minimum atomic E-state index is -0.377. The topological polar surface area (TPSA) is 68.3 Å². The number of ether oxygens (including phenoxy) is 1. The van der Waals surface area contributed by atoms with Crippen LogP contribution in [-0.2, 0) is 11.4 Å². The van der Waals surface area contributed by atoms with Gasteiger partial charge in [-0.05, 0) is 42.8 Å². The Morgan fingerprint density at radius 1 is 1.11 bits per heavy atom. The van der Waals surface area contributed by atoms with Crippen LogP contribution in [0.5, 0.6) is 5.75 Å². The first-order valence-electron chi connectivity index (χ1n) is 8.74. The second-order valence-electron chi connectivity index (χ2n) is 6.29. The first-order chi connectivity index (χ1) is 13.2. The van der Waals surface area contributed by atoms with Gasteiger partial charge in [-0.15, -0.1) is 0 Å². The molecule has 0 aliphatic carbocycles. The molecule has 5 nitrogen and oxygen atoms in total. The Bertz CT molecular complexity index is 988. The Morgan fingerprint density at radius 2 is 1.93 bits per heavy atom. The molecule has 0 radical (unpaired) electrons. The van der Waals surface area contributed by atoms with Gasteiger partial charge in [-0.1, -0.05) is 36.0 Å². The molecule has 3 aromatic rings. The summed E-state index contributed by atoms with van der Waals surface area (Å²) in [4.78, 5) is 28.4. The zero-order valence-corrected chi connectivity index (χ0v) is 15.4. The number of amides is 1. The highest BCUT2D eigenvalue weighted by atomic mass is 32.2. The van der Waals surface area contributed by atoms with E-state index in [0.717, 1.165) is 22.3 Å². The van der Waals surface area contributed by atoms with Crippen molar-refractivity contribution in [1.29, 1.82) is 0 Å². The van der Waals surface area contributed by atoms with Gasteiger partial charge in [0.1, 0.15) is 12.4 Å². The van der Waals surface area contributed by atoms with E-state index in [2.05, 4.69) is 10.3 Å². The van der Waals surface area contributed by atoms with Crippen LogP contribution < -0.4 is 10.1 Å². The lowest BCUT2D eigenvalue weighted by molar-refractivity contribution is -0.112. The van der Waals surface area contributed by atoms with Crippen LogP contribution in [0.1, 0.15) is 22.5 Å². The highest BCUT2D eigenvalue weighted by molar-refractivity contribution is 8.14. The molecular formula is C21H18N2O3S. The monoisotopic (exact) mass is 378 g/mol. The van der Waals surface area contributed by atoms with Crippen molar-refractivity contribution in [2.24, 2.45) is 0 Å². The number of nitrogens with zero attached hydrogens (tertiary/aromatic N) is 1. The quantitative estimate of drug-likeness (QED) is 0.735. The van der Waals surface area contributed by atoms with Gasteiger partial charge >= 0.3 is 0 Å². The molecule has 1 atom stereocenters. The van der Waals surface area contributed by atoms with Gasteiger partial charge in [0.25, 0.3) is 5.91 Å². The van der Waals surface area contributed by atoms with Crippen LogP contribution in [0, 0.1) is 0 Å². The third kappa shape index (κ3) is 4.11. The van der Waals surface area contributed by atoms with Crippen LogP contribution in [-0.4, -0.2) is 27.8 Å². The van der Waals surface area contributed by atoms with E-state index in [-0.39, 0.29) is 17.1 Å². The van der Waals surface area contributed by atoms with E-state index in [1.807, 2.05) is 36.4 Å². The molecule has 2 aromatic carbocycles. The smallest absolute Gasteiger partial charge is 0.251 e. The number of rotatable bonds is 5. The average molecular weight is 378 g/mol. The molecule has 1 amide bonds. The van der Waals surface area contributed by atoms with E-state index in [0.29, 0.717) is 24.3 Å². The van der Waals surface area contributed by atoms with E-state index in [9.17, 15) is 9.59 Å². The van der Waals surface area contributed by atoms with E-state index in [1.165, 1.54) is 11.8 Å². The second kappa shape index (κ2) is 7.80. The molecule has 1 aliphatic heterocycles. The van der Waals surface area contributed by atoms with Crippen molar-refractivity contribution in [1.82, 2.24) is 10.3 Å². The molecule has 0 bridgehead atoms. The van der Waals surface area contributed by atoms with Crippen LogP contribution in [0.25, 0.3) is 10.9 Å². The summed E-state index contributed by atoms with van der Waals surface area (Å²) in [6.07, 6.45) is 0.690. The molecule has 0 saturated carbocycles. The molecular weight excluding hydrogens is 360 g/mol. The van der Waals surface area contributed by atoms with Crippen molar-refractivity contribution in [3.8, 4) is 5.75 Å². The van der Waals surface area contributed by atoms with Crippen molar-refractivity contribution in [2.75, 3.05) is 5.75 Å². The summed E-state index contributed by atoms with van der Waals surface area (Å²) in [5.41, 5.74) is 2.29. The maximum absolute atomic E-state index is 12.2. The van der Waals surface area contributed by atoms with Crippen LogP contribution in [0.3, 0.4) is 0 Å². The Hall–Kier alpha value is -2.86. The molecule has 27 heavy (non-hydrogen) atoms. The molecule has 136 valence electrons. The molecule has 1 saturated heterocycles. The molecule has 4 rings (SSSR count). The summed E-state index contributed by atoms with van der Waals surface area (Å²) in [6, 6.07) is 18.4. The zero-order chi connectivity index (χ0) is 18.6. The molecule has 1 fully saturated rings. The molecule has 0 spiro atoms. The Balaban J connectivity index is 1.37. The number of hydrogen-bond acceptors (Lipinski definition) is 5. The maximum atomic E-state index is 12.2. The van der Waals surface area contributed by atoms with E-state index < -0.39 is 0 Å². The van der Waals surface area contributed by atoms with Crippen molar-refractivity contribution in [2.45, 2.75) is 19.1 Å². The molecule has 6 heteroatoms. The third-order valence-corrected chi connectivity index (χ3v) is 5.41. The highest BCUT2D eigenvalue weighted by Crippen LogP contribution is 2.20. The van der Waals surface area contributed by atoms with Gasteiger partial charge in [0, 0.05) is 16.7 Å². The number of nitrogens with one attached hydrogen (secondary N) is 1. The fourth-order valence-corrected chi connectivity index (χ4v) is 3.85. The van der Waals surface area contributed by atoms with Crippen LogP contribution >= 0.6 is 11.8 Å². The van der Waals surface area contributed by atoms with Crippen LogP contribution in [0.2, 0.25) is 0 Å². The number of pyridine rings is 1. The Labute approximate surface area is 161 Å². The van der Waals surface area contributed by atoms with Gasteiger partial charge in [-0.2, -0.15) is 0 Å². The minimum Gasteiger partial charge on any atom is -0.487 e. The minimum absolute atomic E-state index is 0.0335. The number of benzene rings is 2. The average Bonchev–Trinajstić information content (AvgIpc) is 3.11. The zero-order valence-electron chi connectivity index (χ0n) is 14.6. The summed E-state index contributed by atoms with van der Waals surface area (Å²) >= 11 is 1.27. The highest BCUT2D eigenvalue weighted by Gasteiger charge is 2.26. The molecule has 0 unspecified atom stereocenters. The lowest BCUT2D eigenvalue weighted by Crippen LogP contribution is -2.37. The Kier molecular flexibility index (Phi) is 5.07. The number of hydrogen-bond donors (Lipinski definition) is 1. The summed E-state index contributed by atoms with van der Waals surface area (Å²) < 4.78 is 5.77. The third-order valence-electron chi connectivity index (χ3n) is 4.40. The normalized spacial score (nSPS) is 16.4. The first kappa shape index (κ1) is 17.5. The van der Waals surface area contributed by atoms with Gasteiger partial charge in [0.2, 0.25) is 5.12 Å². The van der Waals surface area contributed by atoms with E-state index in [1.54, 1.807) is 24.3 Å². The van der Waals surface area contributed by atoms with Crippen molar-refractivity contribution >= 4 is 33.7 Å². The van der Waals surface area contributed by atoms with Gasteiger partial charge in [-0.25, -0.2) is 4.98 Å². The lowest BCUT2D eigenvalue weighted by atomic mass is 10.1. The van der Waals surface area contributed by atoms with E-state index in [4.69, 9.17) is 4.74 Å². The Morgan fingerprint density at radius 3 is 2.70 bits per heavy atom. The van der Waals surface area contributed by atoms with Crippen molar-refractivity contribution in [3.63, 3.8) is 0 Å². The molecule has 1 aromatic heterocycles. The van der Waals surface area contributed by atoms with Gasteiger partial charge in [0.05, 0.1) is 17.3 Å². The fourth-order valence-electron chi connectivity index (χ4n) is 2.92. The van der Waals surface area contributed by atoms with Crippen molar-refractivity contribution in [3.05, 3.63) is 71.9 Å². The number of aromatic nitrogens is 1. The SMILES string of the molecule is O=C(N[C@@H]1CCSC1=O)c1ccc(OCc2ccc3ccccc3n2)cc1. The van der Waals surface area contributed by atoms with Crippen molar-refractivity contribution < 1.29 is 14.3 Å². The van der Waals surface area contributed by atoms with Crippen LogP contribution in [0.4, 0.5) is 0 Å². The standard InChI is InChI=1S/C21H18N2O3S/c24-20(23-19-11-12-27-21(19)25)15-6-9-17(10-7-15)26-13-16-8-5-14-3-1-2-4-18(14)22-16/h1-10,19H,11-13H2,(H,23,24)/t19-/m1/s1. The number of fused-ring (bicyclic) bond motifs is 1. The predicted octanol–water partition coefficient (Wildman–Crippen LogP) is 3.58.